The predicted octanol–water partition coefficient (Wildman–Crippen LogP) is 4.17. The van der Waals surface area contributed by atoms with Crippen molar-refractivity contribution in [2.75, 3.05) is 0 Å². The van der Waals surface area contributed by atoms with Crippen molar-refractivity contribution in [2.24, 2.45) is 7.05 Å². The van der Waals surface area contributed by atoms with Gasteiger partial charge in [-0.2, -0.15) is 0 Å². The summed E-state index contributed by atoms with van der Waals surface area (Å²) in [7, 11) is 1.91. The van der Waals surface area contributed by atoms with Gasteiger partial charge in [0.15, 0.2) is 6.10 Å². The maximum absolute atomic E-state index is 11.7. The normalized spacial score (nSPS) is 12.3. The average Bonchev–Trinajstić information content (AvgIpc) is 2.84. The SMILES string of the molecule is CCCCCCCCCC(=O)OC(C)c1nccn1C. The van der Waals surface area contributed by atoms with Gasteiger partial charge < -0.3 is 9.30 Å². The molecule has 1 heterocycles. The van der Waals surface area contributed by atoms with Crippen molar-refractivity contribution in [2.45, 2.75) is 71.3 Å². The van der Waals surface area contributed by atoms with E-state index in [1.807, 2.05) is 24.7 Å². The summed E-state index contributed by atoms with van der Waals surface area (Å²) in [5, 5.41) is 0. The molecule has 1 rings (SSSR count). The van der Waals surface area contributed by atoms with Gasteiger partial charge in [0, 0.05) is 25.9 Å². The molecule has 0 saturated heterocycles. The molecule has 114 valence electrons. The van der Waals surface area contributed by atoms with Gasteiger partial charge in [-0.3, -0.25) is 4.79 Å². The van der Waals surface area contributed by atoms with Crippen LogP contribution in [0.25, 0.3) is 0 Å². The van der Waals surface area contributed by atoms with Gasteiger partial charge in [-0.15, -0.1) is 0 Å². The van der Waals surface area contributed by atoms with Crippen LogP contribution < -0.4 is 0 Å². The van der Waals surface area contributed by atoms with Gasteiger partial charge in [0.1, 0.15) is 5.82 Å². The van der Waals surface area contributed by atoms with Gasteiger partial charge in [-0.25, -0.2) is 4.98 Å². The van der Waals surface area contributed by atoms with Gasteiger partial charge in [0.05, 0.1) is 0 Å². The monoisotopic (exact) mass is 280 g/mol. The first kappa shape index (κ1) is 16.7. The summed E-state index contributed by atoms with van der Waals surface area (Å²) >= 11 is 0. The van der Waals surface area contributed by atoms with E-state index in [-0.39, 0.29) is 12.1 Å². The zero-order valence-corrected chi connectivity index (χ0v) is 13.1. The molecule has 1 aromatic rings. The Hall–Kier alpha value is -1.32. The van der Waals surface area contributed by atoms with Gasteiger partial charge in [-0.05, 0) is 13.3 Å². The fourth-order valence-corrected chi connectivity index (χ4v) is 2.30. The van der Waals surface area contributed by atoms with Crippen LogP contribution in [0.5, 0.6) is 0 Å². The smallest absolute Gasteiger partial charge is 0.306 e. The minimum absolute atomic E-state index is 0.117. The average molecular weight is 280 g/mol. The fourth-order valence-electron chi connectivity index (χ4n) is 2.30. The molecule has 0 bridgehead atoms. The number of rotatable bonds is 10. The number of unbranched alkanes of at least 4 members (excludes halogenated alkanes) is 6. The number of ether oxygens (including phenoxy) is 1. The number of aromatic nitrogens is 2. The highest BCUT2D eigenvalue weighted by atomic mass is 16.5. The molecule has 1 unspecified atom stereocenters. The highest BCUT2D eigenvalue weighted by molar-refractivity contribution is 5.69. The number of nitrogens with zero attached hydrogens (tertiary/aromatic N) is 2. The first-order valence-corrected chi connectivity index (χ1v) is 7.81. The second-order valence-corrected chi connectivity index (χ2v) is 5.40. The first-order valence-electron chi connectivity index (χ1n) is 7.81. The van der Waals surface area contributed by atoms with E-state index in [4.69, 9.17) is 4.74 Å². The summed E-state index contributed by atoms with van der Waals surface area (Å²) in [6, 6.07) is 0. The Labute approximate surface area is 122 Å². The van der Waals surface area contributed by atoms with Gasteiger partial charge >= 0.3 is 5.97 Å². The van der Waals surface area contributed by atoms with Crippen LogP contribution in [0.3, 0.4) is 0 Å². The Bertz CT molecular complexity index is 388. The number of aryl methyl sites for hydroxylation is 1. The Morgan fingerprint density at radius 3 is 2.50 bits per heavy atom. The van der Waals surface area contributed by atoms with E-state index in [0.29, 0.717) is 6.42 Å². The number of hydrogen-bond acceptors (Lipinski definition) is 3. The minimum atomic E-state index is -0.271. The van der Waals surface area contributed by atoms with E-state index in [9.17, 15) is 4.79 Å². The summed E-state index contributed by atoms with van der Waals surface area (Å²) in [5.74, 6) is 0.673. The lowest BCUT2D eigenvalue weighted by Crippen LogP contribution is -2.12. The number of imidazole rings is 1. The number of carbonyl (C=O) groups is 1. The molecule has 0 aromatic carbocycles. The van der Waals surface area contributed by atoms with E-state index in [1.165, 1.54) is 32.1 Å². The quantitative estimate of drug-likeness (QED) is 0.477. The Kier molecular flexibility index (Phi) is 8.00. The molecule has 0 fully saturated rings. The van der Waals surface area contributed by atoms with Gasteiger partial charge in [-0.1, -0.05) is 45.4 Å². The Morgan fingerprint density at radius 1 is 1.25 bits per heavy atom. The van der Waals surface area contributed by atoms with Crippen LogP contribution in [-0.4, -0.2) is 15.5 Å². The van der Waals surface area contributed by atoms with E-state index in [2.05, 4.69) is 11.9 Å². The molecule has 0 aliphatic rings. The third kappa shape index (κ3) is 6.22. The van der Waals surface area contributed by atoms with Crippen molar-refractivity contribution in [3.05, 3.63) is 18.2 Å². The molecule has 0 aliphatic heterocycles. The minimum Gasteiger partial charge on any atom is -0.454 e. The maximum Gasteiger partial charge on any atom is 0.306 e. The molecule has 0 saturated carbocycles. The second kappa shape index (κ2) is 9.56. The van der Waals surface area contributed by atoms with Crippen molar-refractivity contribution in [1.29, 1.82) is 0 Å². The molecule has 0 N–H and O–H groups in total. The number of hydrogen-bond donors (Lipinski definition) is 0. The van der Waals surface area contributed by atoms with Crippen molar-refractivity contribution >= 4 is 5.97 Å². The zero-order valence-electron chi connectivity index (χ0n) is 13.1. The maximum atomic E-state index is 11.7. The molecule has 20 heavy (non-hydrogen) atoms. The van der Waals surface area contributed by atoms with E-state index in [0.717, 1.165) is 18.7 Å². The third-order valence-electron chi connectivity index (χ3n) is 3.51. The molecule has 1 aromatic heterocycles. The molecule has 0 radical (unpaired) electrons. The van der Waals surface area contributed by atoms with E-state index < -0.39 is 0 Å². The number of carbonyl (C=O) groups excluding carboxylic acids is 1. The Morgan fingerprint density at radius 2 is 1.90 bits per heavy atom. The van der Waals surface area contributed by atoms with Crippen molar-refractivity contribution < 1.29 is 9.53 Å². The zero-order chi connectivity index (χ0) is 14.8. The predicted molar refractivity (Wildman–Crippen MR) is 80.3 cm³/mol. The summed E-state index contributed by atoms with van der Waals surface area (Å²) in [4.78, 5) is 15.9. The molecule has 0 amide bonds. The standard InChI is InChI=1S/C16H28N2O2/c1-4-5-6-7-8-9-10-11-15(19)20-14(2)16-17-12-13-18(16)3/h12-14H,4-11H2,1-3H3. The van der Waals surface area contributed by atoms with E-state index in [1.54, 1.807) is 6.20 Å². The molecule has 0 spiro atoms. The molecule has 1 atom stereocenters. The topological polar surface area (TPSA) is 44.1 Å². The van der Waals surface area contributed by atoms with Crippen molar-refractivity contribution in [1.82, 2.24) is 9.55 Å². The summed E-state index contributed by atoms with van der Waals surface area (Å²) in [6.45, 7) is 4.09. The van der Waals surface area contributed by atoms with Crippen molar-refractivity contribution in [3.63, 3.8) is 0 Å². The lowest BCUT2D eigenvalue weighted by Gasteiger charge is -2.13. The fraction of sp³-hybridized carbons (Fsp3) is 0.750. The highest BCUT2D eigenvalue weighted by Crippen LogP contribution is 2.16. The van der Waals surface area contributed by atoms with Crippen LogP contribution in [-0.2, 0) is 16.6 Å². The number of esters is 1. The molecule has 0 aliphatic carbocycles. The van der Waals surface area contributed by atoms with Crippen LogP contribution in [0.15, 0.2) is 12.4 Å². The Balaban J connectivity index is 2.10. The lowest BCUT2D eigenvalue weighted by atomic mass is 10.1. The van der Waals surface area contributed by atoms with Crippen LogP contribution >= 0.6 is 0 Å². The molecule has 4 heteroatoms. The summed E-state index contributed by atoms with van der Waals surface area (Å²) < 4.78 is 7.28. The van der Waals surface area contributed by atoms with Crippen LogP contribution in [0.1, 0.15) is 77.1 Å². The summed E-state index contributed by atoms with van der Waals surface area (Å²) in [5.41, 5.74) is 0. The largest absolute Gasteiger partial charge is 0.454 e. The van der Waals surface area contributed by atoms with Crippen LogP contribution in [0, 0.1) is 0 Å². The highest BCUT2D eigenvalue weighted by Gasteiger charge is 2.14. The molecular formula is C16H28N2O2. The van der Waals surface area contributed by atoms with Gasteiger partial charge in [0.2, 0.25) is 0 Å². The van der Waals surface area contributed by atoms with Crippen LogP contribution in [0.2, 0.25) is 0 Å². The van der Waals surface area contributed by atoms with Crippen LogP contribution in [0.4, 0.5) is 0 Å². The summed E-state index contributed by atoms with van der Waals surface area (Å²) in [6.07, 6.45) is 12.3. The first-order chi connectivity index (χ1) is 9.65. The molecule has 4 nitrogen and oxygen atoms in total. The lowest BCUT2D eigenvalue weighted by molar-refractivity contribution is -0.149. The van der Waals surface area contributed by atoms with Gasteiger partial charge in [0.25, 0.3) is 0 Å². The van der Waals surface area contributed by atoms with Crippen molar-refractivity contribution in [3.8, 4) is 0 Å². The third-order valence-corrected chi connectivity index (χ3v) is 3.51. The second-order valence-electron chi connectivity index (χ2n) is 5.40. The van der Waals surface area contributed by atoms with E-state index >= 15 is 0 Å². The molecular weight excluding hydrogens is 252 g/mol.